The molecule has 0 fully saturated rings. The summed E-state index contributed by atoms with van der Waals surface area (Å²) in [4.78, 5) is 20.6. The van der Waals surface area contributed by atoms with Crippen LogP contribution >= 0.6 is 11.3 Å². The summed E-state index contributed by atoms with van der Waals surface area (Å²) in [5.41, 5.74) is 3.85. The third-order valence-electron chi connectivity index (χ3n) is 4.91. The van der Waals surface area contributed by atoms with Crippen molar-refractivity contribution in [2.45, 2.75) is 27.0 Å². The summed E-state index contributed by atoms with van der Waals surface area (Å²) >= 11 is 1.40. The lowest BCUT2D eigenvalue weighted by molar-refractivity contribution is 0.0988. The van der Waals surface area contributed by atoms with Gasteiger partial charge in [-0.25, -0.2) is 4.98 Å². The SMILES string of the molecule is Cc1ccc(OCc2nc(C)c(C(=O)N(Cc3ccccc3)c3ccccc3)s2)cc1. The van der Waals surface area contributed by atoms with E-state index in [1.807, 2.05) is 98.8 Å². The van der Waals surface area contributed by atoms with Crippen LogP contribution < -0.4 is 9.64 Å². The van der Waals surface area contributed by atoms with E-state index in [2.05, 4.69) is 4.98 Å². The highest BCUT2D eigenvalue weighted by Crippen LogP contribution is 2.26. The molecule has 156 valence electrons. The minimum absolute atomic E-state index is 0.0494. The number of carbonyl (C=O) groups excluding carboxylic acids is 1. The van der Waals surface area contributed by atoms with Crippen LogP contribution in [0.3, 0.4) is 0 Å². The summed E-state index contributed by atoms with van der Waals surface area (Å²) in [5, 5.41) is 0.786. The molecule has 5 heteroatoms. The van der Waals surface area contributed by atoms with Crippen LogP contribution in [-0.4, -0.2) is 10.9 Å². The zero-order chi connectivity index (χ0) is 21.6. The van der Waals surface area contributed by atoms with Gasteiger partial charge in [-0.05, 0) is 43.7 Å². The number of amides is 1. The van der Waals surface area contributed by atoms with Gasteiger partial charge in [-0.1, -0.05) is 66.2 Å². The van der Waals surface area contributed by atoms with Crippen molar-refractivity contribution in [3.05, 3.63) is 112 Å². The molecule has 3 aromatic carbocycles. The van der Waals surface area contributed by atoms with Crippen LogP contribution in [0.5, 0.6) is 5.75 Å². The number of thiazole rings is 1. The van der Waals surface area contributed by atoms with Gasteiger partial charge < -0.3 is 9.64 Å². The zero-order valence-electron chi connectivity index (χ0n) is 17.6. The van der Waals surface area contributed by atoms with Crippen LogP contribution in [0, 0.1) is 13.8 Å². The number of hydrogen-bond acceptors (Lipinski definition) is 4. The van der Waals surface area contributed by atoms with Crippen LogP contribution in [0.25, 0.3) is 0 Å². The molecule has 0 unspecified atom stereocenters. The minimum atomic E-state index is -0.0494. The highest BCUT2D eigenvalue weighted by molar-refractivity contribution is 7.13. The molecule has 1 heterocycles. The Morgan fingerprint density at radius 3 is 2.23 bits per heavy atom. The molecule has 4 aromatic rings. The average molecular weight is 429 g/mol. The molecular weight excluding hydrogens is 404 g/mol. The van der Waals surface area contributed by atoms with E-state index in [1.54, 1.807) is 4.90 Å². The van der Waals surface area contributed by atoms with Gasteiger partial charge in [-0.2, -0.15) is 0 Å². The van der Waals surface area contributed by atoms with Gasteiger partial charge in [-0.15, -0.1) is 11.3 Å². The van der Waals surface area contributed by atoms with Crippen molar-refractivity contribution in [3.63, 3.8) is 0 Å². The quantitative estimate of drug-likeness (QED) is 0.353. The number of aromatic nitrogens is 1. The molecule has 0 saturated heterocycles. The van der Waals surface area contributed by atoms with Gasteiger partial charge in [0.15, 0.2) is 0 Å². The van der Waals surface area contributed by atoms with Gasteiger partial charge in [0, 0.05) is 5.69 Å². The first-order valence-corrected chi connectivity index (χ1v) is 11.0. The zero-order valence-corrected chi connectivity index (χ0v) is 18.4. The monoisotopic (exact) mass is 428 g/mol. The number of carbonyl (C=O) groups is 1. The second-order valence-electron chi connectivity index (χ2n) is 7.34. The first-order chi connectivity index (χ1) is 15.1. The molecule has 4 nitrogen and oxygen atoms in total. The highest BCUT2D eigenvalue weighted by Gasteiger charge is 2.23. The molecule has 0 saturated carbocycles. The third kappa shape index (κ3) is 5.19. The molecular formula is C26H24N2O2S. The maximum absolute atomic E-state index is 13.6. The Balaban J connectivity index is 1.56. The Morgan fingerprint density at radius 1 is 0.903 bits per heavy atom. The predicted molar refractivity (Wildman–Crippen MR) is 126 cm³/mol. The van der Waals surface area contributed by atoms with E-state index < -0.39 is 0 Å². The van der Waals surface area contributed by atoms with E-state index in [0.717, 1.165) is 27.7 Å². The lowest BCUT2D eigenvalue weighted by Crippen LogP contribution is -2.30. The maximum Gasteiger partial charge on any atom is 0.270 e. The first-order valence-electron chi connectivity index (χ1n) is 10.2. The van der Waals surface area contributed by atoms with Gasteiger partial charge in [0.2, 0.25) is 0 Å². The molecule has 0 spiro atoms. The Morgan fingerprint density at radius 2 is 1.55 bits per heavy atom. The number of benzene rings is 3. The molecule has 31 heavy (non-hydrogen) atoms. The molecule has 0 N–H and O–H groups in total. The normalized spacial score (nSPS) is 10.6. The smallest absolute Gasteiger partial charge is 0.270 e. The largest absolute Gasteiger partial charge is 0.486 e. The highest BCUT2D eigenvalue weighted by atomic mass is 32.1. The first kappa shape index (κ1) is 20.8. The number of hydrogen-bond donors (Lipinski definition) is 0. The van der Waals surface area contributed by atoms with Gasteiger partial charge in [0.1, 0.15) is 22.2 Å². The van der Waals surface area contributed by atoms with Crippen molar-refractivity contribution >= 4 is 22.9 Å². The van der Waals surface area contributed by atoms with Gasteiger partial charge in [-0.3, -0.25) is 4.79 Å². The number of aryl methyl sites for hydroxylation is 2. The fourth-order valence-corrected chi connectivity index (χ4v) is 4.20. The van der Waals surface area contributed by atoms with E-state index in [1.165, 1.54) is 16.9 Å². The molecule has 0 aliphatic rings. The molecule has 1 aromatic heterocycles. The Kier molecular flexibility index (Phi) is 6.43. The van der Waals surface area contributed by atoms with Crippen molar-refractivity contribution in [2.24, 2.45) is 0 Å². The molecule has 0 bridgehead atoms. The third-order valence-corrected chi connectivity index (χ3v) is 6.03. The van der Waals surface area contributed by atoms with Crippen LogP contribution in [0.4, 0.5) is 5.69 Å². The van der Waals surface area contributed by atoms with Crippen molar-refractivity contribution in [2.75, 3.05) is 4.90 Å². The molecule has 1 amide bonds. The number of nitrogens with zero attached hydrogens (tertiary/aromatic N) is 2. The van der Waals surface area contributed by atoms with E-state index >= 15 is 0 Å². The maximum atomic E-state index is 13.6. The average Bonchev–Trinajstić information content (AvgIpc) is 3.18. The van der Waals surface area contributed by atoms with Gasteiger partial charge in [0.25, 0.3) is 5.91 Å². The Hall–Kier alpha value is -3.44. The van der Waals surface area contributed by atoms with Crippen molar-refractivity contribution in [1.29, 1.82) is 0 Å². The lowest BCUT2D eigenvalue weighted by atomic mass is 10.2. The van der Waals surface area contributed by atoms with Crippen LogP contribution in [0.2, 0.25) is 0 Å². The molecule has 0 atom stereocenters. The standard InChI is InChI=1S/C26H24N2O2S/c1-19-13-15-23(16-14-19)30-18-24-27-20(2)25(31-24)26(29)28(22-11-7-4-8-12-22)17-21-9-5-3-6-10-21/h3-16H,17-18H2,1-2H3. The summed E-state index contributed by atoms with van der Waals surface area (Å²) in [6.45, 7) is 4.76. The molecule has 4 rings (SSSR count). The predicted octanol–water partition coefficient (Wildman–Crippen LogP) is 6.19. The van der Waals surface area contributed by atoms with Crippen molar-refractivity contribution in [3.8, 4) is 5.75 Å². The van der Waals surface area contributed by atoms with Crippen LogP contribution in [-0.2, 0) is 13.2 Å². The summed E-state index contributed by atoms with van der Waals surface area (Å²) in [5.74, 6) is 0.743. The van der Waals surface area contributed by atoms with E-state index in [0.29, 0.717) is 18.0 Å². The fourth-order valence-electron chi connectivity index (χ4n) is 3.27. The Labute approximate surface area is 186 Å². The molecule has 0 aliphatic heterocycles. The Bertz CT molecular complexity index is 1140. The van der Waals surface area contributed by atoms with Crippen molar-refractivity contribution < 1.29 is 9.53 Å². The second-order valence-corrected chi connectivity index (χ2v) is 8.42. The summed E-state index contributed by atoms with van der Waals surface area (Å²) in [6, 6.07) is 27.7. The van der Waals surface area contributed by atoms with E-state index in [-0.39, 0.29) is 5.91 Å². The fraction of sp³-hybridized carbons (Fsp3) is 0.154. The number of rotatable bonds is 7. The molecule has 0 aliphatic carbocycles. The molecule has 0 radical (unpaired) electrons. The van der Waals surface area contributed by atoms with Gasteiger partial charge >= 0.3 is 0 Å². The summed E-state index contributed by atoms with van der Waals surface area (Å²) < 4.78 is 5.86. The second kappa shape index (κ2) is 9.58. The lowest BCUT2D eigenvalue weighted by Gasteiger charge is -2.22. The summed E-state index contributed by atoms with van der Waals surface area (Å²) in [6.07, 6.45) is 0. The van der Waals surface area contributed by atoms with E-state index in [4.69, 9.17) is 4.74 Å². The number of ether oxygens (including phenoxy) is 1. The minimum Gasteiger partial charge on any atom is -0.486 e. The van der Waals surface area contributed by atoms with Crippen molar-refractivity contribution in [1.82, 2.24) is 4.98 Å². The van der Waals surface area contributed by atoms with Crippen LogP contribution in [0.15, 0.2) is 84.9 Å². The number of anilines is 1. The van der Waals surface area contributed by atoms with E-state index in [9.17, 15) is 4.79 Å². The topological polar surface area (TPSA) is 42.4 Å². The number of para-hydroxylation sites is 1. The van der Waals surface area contributed by atoms with Crippen LogP contribution in [0.1, 0.15) is 31.5 Å². The summed E-state index contributed by atoms with van der Waals surface area (Å²) in [7, 11) is 0. The van der Waals surface area contributed by atoms with Gasteiger partial charge in [0.05, 0.1) is 12.2 Å².